The van der Waals surface area contributed by atoms with E-state index in [2.05, 4.69) is 15.3 Å². The van der Waals surface area contributed by atoms with E-state index in [1.54, 1.807) is 33.2 Å². The van der Waals surface area contributed by atoms with Gasteiger partial charge in [0.1, 0.15) is 0 Å². The van der Waals surface area contributed by atoms with Gasteiger partial charge in [0.05, 0.1) is 17.9 Å². The summed E-state index contributed by atoms with van der Waals surface area (Å²) in [5.41, 5.74) is 2.48. The summed E-state index contributed by atoms with van der Waals surface area (Å²) in [5, 5.41) is 7.35. The van der Waals surface area contributed by atoms with Crippen LogP contribution in [0, 0.1) is 18.6 Å². The van der Waals surface area contributed by atoms with Crippen LogP contribution in [0.3, 0.4) is 0 Å². The van der Waals surface area contributed by atoms with Crippen LogP contribution in [0.2, 0.25) is 0 Å². The smallest absolute Gasteiger partial charge is 0.317 e. The lowest BCUT2D eigenvalue weighted by Crippen LogP contribution is -2.34. The van der Waals surface area contributed by atoms with Crippen molar-refractivity contribution in [2.24, 2.45) is 0 Å². The summed E-state index contributed by atoms with van der Waals surface area (Å²) in [6.07, 6.45) is 0.869. The number of carbonyl (C=O) groups is 1. The van der Waals surface area contributed by atoms with Crippen molar-refractivity contribution in [3.05, 3.63) is 52.3 Å². The molecule has 0 saturated heterocycles. The minimum absolute atomic E-state index is 0.170. The lowest BCUT2D eigenvalue weighted by Gasteiger charge is -2.20. The fourth-order valence-corrected chi connectivity index (χ4v) is 3.18. The maximum atomic E-state index is 14.2. The van der Waals surface area contributed by atoms with Gasteiger partial charge < -0.3 is 10.2 Å². The molecule has 0 atom stereocenters. The molecule has 8 heteroatoms. The first-order chi connectivity index (χ1) is 12.8. The fraction of sp³-hybridized carbons (Fsp3) is 0.474. The molecule has 1 aromatic heterocycles. The second-order valence-electron chi connectivity index (χ2n) is 7.14. The van der Waals surface area contributed by atoms with Crippen molar-refractivity contribution in [2.45, 2.75) is 39.5 Å². The molecule has 2 heterocycles. The monoisotopic (exact) mass is 377 g/mol. The molecule has 0 aliphatic carbocycles. The summed E-state index contributed by atoms with van der Waals surface area (Å²) in [7, 11) is 3.37. The average Bonchev–Trinajstić information content (AvgIpc) is 2.91. The van der Waals surface area contributed by atoms with E-state index in [0.29, 0.717) is 30.8 Å². The number of urea groups is 1. The third kappa shape index (κ3) is 4.44. The van der Waals surface area contributed by atoms with Crippen molar-refractivity contribution in [3.8, 4) is 0 Å². The molecule has 1 aliphatic heterocycles. The fourth-order valence-electron chi connectivity index (χ4n) is 3.18. The molecule has 2 aromatic rings. The second kappa shape index (κ2) is 8.04. The molecule has 0 spiro atoms. The highest BCUT2D eigenvalue weighted by molar-refractivity contribution is 5.73. The van der Waals surface area contributed by atoms with Gasteiger partial charge >= 0.3 is 6.03 Å². The van der Waals surface area contributed by atoms with Gasteiger partial charge in [-0.25, -0.2) is 13.6 Å². The highest BCUT2D eigenvalue weighted by Crippen LogP contribution is 2.20. The number of amides is 2. The molecule has 1 aromatic carbocycles. The van der Waals surface area contributed by atoms with Gasteiger partial charge in [-0.15, -0.1) is 0 Å². The number of aromatic nitrogens is 2. The van der Waals surface area contributed by atoms with E-state index in [4.69, 9.17) is 0 Å². The Morgan fingerprint density at radius 1 is 1.26 bits per heavy atom. The molecule has 3 rings (SSSR count). The zero-order valence-electron chi connectivity index (χ0n) is 15.9. The van der Waals surface area contributed by atoms with Crippen molar-refractivity contribution in [3.63, 3.8) is 0 Å². The predicted octanol–water partition coefficient (Wildman–Crippen LogP) is 2.65. The lowest BCUT2D eigenvalue weighted by molar-refractivity contribution is 0.217. The summed E-state index contributed by atoms with van der Waals surface area (Å²) in [5.74, 6) is -1.54. The third-order valence-corrected chi connectivity index (χ3v) is 4.72. The minimum Gasteiger partial charge on any atom is -0.332 e. The largest absolute Gasteiger partial charge is 0.332 e. The Morgan fingerprint density at radius 3 is 2.78 bits per heavy atom. The highest BCUT2D eigenvalue weighted by atomic mass is 19.2. The number of nitrogens with zero attached hydrogens (tertiary/aromatic N) is 4. The molecule has 1 aliphatic rings. The summed E-state index contributed by atoms with van der Waals surface area (Å²) < 4.78 is 30.0. The number of carbonyl (C=O) groups excluding carboxylic acids is 1. The number of fused-ring (bicyclic) bond motifs is 1. The van der Waals surface area contributed by atoms with E-state index in [1.807, 2.05) is 10.7 Å². The van der Waals surface area contributed by atoms with E-state index in [0.717, 1.165) is 30.9 Å². The molecule has 0 radical (unpaired) electrons. The number of hydrogen-bond acceptors (Lipinski definition) is 3. The molecule has 0 fully saturated rings. The maximum absolute atomic E-state index is 14.2. The van der Waals surface area contributed by atoms with Gasteiger partial charge in [0.25, 0.3) is 0 Å². The molecule has 1 N–H and O–H groups in total. The van der Waals surface area contributed by atoms with Crippen LogP contribution >= 0.6 is 0 Å². The Bertz CT molecular complexity index is 834. The summed E-state index contributed by atoms with van der Waals surface area (Å²) in [6, 6.07) is 5.05. The number of nitrogens with one attached hydrogen (secondary N) is 1. The standard InChI is InChI=1S/C19H25F2N5O/c1-13-5-6-14(18(21)17(13)20)11-25-7-4-8-26-16(12-25)9-15(23-26)10-22-19(27)24(2)3/h5-6,9H,4,7-8,10-12H2,1-3H3,(H,22,27). The van der Waals surface area contributed by atoms with Crippen LogP contribution in [0.1, 0.15) is 28.9 Å². The van der Waals surface area contributed by atoms with Gasteiger partial charge in [-0.3, -0.25) is 9.58 Å². The molecule has 2 amide bonds. The van der Waals surface area contributed by atoms with Gasteiger partial charge in [0, 0.05) is 45.8 Å². The molecule has 146 valence electrons. The number of rotatable bonds is 4. The zero-order valence-corrected chi connectivity index (χ0v) is 15.9. The molecular weight excluding hydrogens is 352 g/mol. The van der Waals surface area contributed by atoms with Crippen LogP contribution in [-0.4, -0.2) is 46.3 Å². The average molecular weight is 377 g/mol. The Morgan fingerprint density at radius 2 is 2.04 bits per heavy atom. The number of benzene rings is 1. The van der Waals surface area contributed by atoms with E-state index in [1.165, 1.54) is 4.90 Å². The predicted molar refractivity (Wildman–Crippen MR) is 98.0 cm³/mol. The van der Waals surface area contributed by atoms with Crippen molar-refractivity contribution >= 4 is 6.03 Å². The molecular formula is C19H25F2N5O. The maximum Gasteiger partial charge on any atom is 0.317 e. The Balaban J connectivity index is 1.69. The van der Waals surface area contributed by atoms with Crippen LogP contribution in [0.5, 0.6) is 0 Å². The van der Waals surface area contributed by atoms with Gasteiger partial charge in [0.2, 0.25) is 0 Å². The Kier molecular flexibility index (Phi) is 5.74. The first-order valence-corrected chi connectivity index (χ1v) is 9.01. The third-order valence-electron chi connectivity index (χ3n) is 4.72. The number of halogens is 2. The molecule has 0 saturated carbocycles. The molecule has 6 nitrogen and oxygen atoms in total. The van der Waals surface area contributed by atoms with Gasteiger partial charge in [-0.05, 0) is 25.0 Å². The molecule has 0 unspecified atom stereocenters. The minimum atomic E-state index is -0.772. The highest BCUT2D eigenvalue weighted by Gasteiger charge is 2.19. The first kappa shape index (κ1) is 19.3. The van der Waals surface area contributed by atoms with Gasteiger partial charge in [-0.1, -0.05) is 12.1 Å². The summed E-state index contributed by atoms with van der Waals surface area (Å²) >= 11 is 0. The van der Waals surface area contributed by atoms with Crippen molar-refractivity contribution in [1.82, 2.24) is 24.9 Å². The topological polar surface area (TPSA) is 53.4 Å². The van der Waals surface area contributed by atoms with Crippen LogP contribution < -0.4 is 5.32 Å². The van der Waals surface area contributed by atoms with E-state index >= 15 is 0 Å². The summed E-state index contributed by atoms with van der Waals surface area (Å²) in [4.78, 5) is 15.2. The quantitative estimate of drug-likeness (QED) is 0.891. The van der Waals surface area contributed by atoms with Crippen molar-refractivity contribution < 1.29 is 13.6 Å². The second-order valence-corrected chi connectivity index (χ2v) is 7.14. The number of aryl methyl sites for hydroxylation is 2. The lowest BCUT2D eigenvalue weighted by atomic mass is 10.1. The van der Waals surface area contributed by atoms with E-state index < -0.39 is 11.6 Å². The van der Waals surface area contributed by atoms with Crippen molar-refractivity contribution in [2.75, 3.05) is 20.6 Å². The van der Waals surface area contributed by atoms with Crippen LogP contribution in [-0.2, 0) is 26.2 Å². The number of hydrogen-bond donors (Lipinski definition) is 1. The summed E-state index contributed by atoms with van der Waals surface area (Å²) in [6.45, 7) is 4.41. The Labute approximate surface area is 157 Å². The van der Waals surface area contributed by atoms with Crippen LogP contribution in [0.4, 0.5) is 13.6 Å². The van der Waals surface area contributed by atoms with Gasteiger partial charge in [0.15, 0.2) is 11.6 Å². The van der Waals surface area contributed by atoms with Crippen molar-refractivity contribution in [1.29, 1.82) is 0 Å². The van der Waals surface area contributed by atoms with E-state index in [-0.39, 0.29) is 6.03 Å². The SMILES string of the molecule is Cc1ccc(CN2CCCn3nc(CNC(=O)N(C)C)cc3C2)c(F)c1F. The normalized spacial score (nSPS) is 14.6. The molecule has 0 bridgehead atoms. The van der Waals surface area contributed by atoms with Gasteiger partial charge in [-0.2, -0.15) is 5.10 Å². The first-order valence-electron chi connectivity index (χ1n) is 9.01. The van der Waals surface area contributed by atoms with Crippen LogP contribution in [0.15, 0.2) is 18.2 Å². The van der Waals surface area contributed by atoms with Crippen LogP contribution in [0.25, 0.3) is 0 Å². The molecule has 27 heavy (non-hydrogen) atoms. The van der Waals surface area contributed by atoms with E-state index in [9.17, 15) is 13.6 Å². The zero-order chi connectivity index (χ0) is 19.6. The Hall–Kier alpha value is -2.48.